The SMILES string of the molecule is COC(=O)CCCNC(=O)COC(=O)CCc1c(C)nc(SC)nc1C. The monoisotopic (exact) mass is 383 g/mol. The van der Waals surface area contributed by atoms with Crippen LogP contribution in [0.5, 0.6) is 0 Å². The molecule has 1 aromatic heterocycles. The molecular weight excluding hydrogens is 358 g/mol. The first-order chi connectivity index (χ1) is 12.4. The molecule has 1 amide bonds. The van der Waals surface area contributed by atoms with E-state index >= 15 is 0 Å². The molecular formula is C17H25N3O5S. The Hall–Kier alpha value is -2.16. The van der Waals surface area contributed by atoms with Crippen molar-refractivity contribution in [1.82, 2.24) is 15.3 Å². The van der Waals surface area contributed by atoms with Crippen molar-refractivity contribution in [3.63, 3.8) is 0 Å². The summed E-state index contributed by atoms with van der Waals surface area (Å²) < 4.78 is 9.46. The lowest BCUT2D eigenvalue weighted by molar-refractivity contribution is -0.148. The third-order valence-corrected chi connectivity index (χ3v) is 4.18. The molecule has 9 heteroatoms. The van der Waals surface area contributed by atoms with Gasteiger partial charge in [-0.3, -0.25) is 14.4 Å². The molecule has 8 nitrogen and oxygen atoms in total. The second-order valence-electron chi connectivity index (χ2n) is 5.55. The van der Waals surface area contributed by atoms with E-state index in [9.17, 15) is 14.4 Å². The first-order valence-corrected chi connectivity index (χ1v) is 9.47. The normalized spacial score (nSPS) is 10.3. The molecule has 0 radical (unpaired) electrons. The molecule has 0 aliphatic rings. The summed E-state index contributed by atoms with van der Waals surface area (Å²) in [6.07, 6.45) is 3.22. The standard InChI is InChI=1S/C17H25N3O5S/c1-11-13(12(2)20-17(19-11)26-4)7-8-16(23)25-10-14(21)18-9-5-6-15(22)24-3/h5-10H2,1-4H3,(H,18,21). The van der Waals surface area contributed by atoms with Crippen LogP contribution in [-0.4, -0.2) is 54.3 Å². The summed E-state index contributed by atoms with van der Waals surface area (Å²) in [6.45, 7) is 3.76. The Labute approximate surface area is 157 Å². The summed E-state index contributed by atoms with van der Waals surface area (Å²) in [5.74, 6) is -1.18. The highest BCUT2D eigenvalue weighted by molar-refractivity contribution is 7.98. The van der Waals surface area contributed by atoms with E-state index in [0.717, 1.165) is 17.0 Å². The zero-order valence-corrected chi connectivity index (χ0v) is 16.4. The van der Waals surface area contributed by atoms with Gasteiger partial charge in [0.1, 0.15) is 0 Å². The molecule has 0 bridgehead atoms. The first-order valence-electron chi connectivity index (χ1n) is 8.24. The van der Waals surface area contributed by atoms with E-state index in [1.807, 2.05) is 20.1 Å². The Kier molecular flexibility index (Phi) is 9.64. The highest BCUT2D eigenvalue weighted by atomic mass is 32.2. The highest BCUT2D eigenvalue weighted by Crippen LogP contribution is 2.17. The van der Waals surface area contributed by atoms with Crippen LogP contribution in [0.3, 0.4) is 0 Å². The average molecular weight is 383 g/mol. The number of aryl methyl sites for hydroxylation is 2. The number of nitrogens with one attached hydrogen (secondary N) is 1. The van der Waals surface area contributed by atoms with Crippen LogP contribution in [0, 0.1) is 13.8 Å². The summed E-state index contributed by atoms with van der Waals surface area (Å²) in [5.41, 5.74) is 2.61. The van der Waals surface area contributed by atoms with Crippen LogP contribution in [0.4, 0.5) is 0 Å². The number of amides is 1. The third kappa shape index (κ3) is 7.81. The largest absolute Gasteiger partial charge is 0.469 e. The number of hydrogen-bond donors (Lipinski definition) is 1. The smallest absolute Gasteiger partial charge is 0.306 e. The van der Waals surface area contributed by atoms with Crippen molar-refractivity contribution in [2.45, 2.75) is 44.7 Å². The lowest BCUT2D eigenvalue weighted by atomic mass is 10.1. The molecule has 0 atom stereocenters. The summed E-state index contributed by atoms with van der Waals surface area (Å²) in [5, 5.41) is 3.28. The van der Waals surface area contributed by atoms with Gasteiger partial charge >= 0.3 is 11.9 Å². The fourth-order valence-corrected chi connectivity index (χ4v) is 2.68. The van der Waals surface area contributed by atoms with E-state index in [1.165, 1.54) is 18.9 Å². The minimum Gasteiger partial charge on any atom is -0.469 e. The molecule has 1 heterocycles. The van der Waals surface area contributed by atoms with E-state index in [1.54, 1.807) is 0 Å². The molecule has 26 heavy (non-hydrogen) atoms. The Morgan fingerprint density at radius 1 is 1.08 bits per heavy atom. The van der Waals surface area contributed by atoms with Crippen molar-refractivity contribution in [3.05, 3.63) is 17.0 Å². The number of rotatable bonds is 10. The molecule has 1 N–H and O–H groups in total. The molecule has 0 saturated carbocycles. The fraction of sp³-hybridized carbons (Fsp3) is 0.588. The van der Waals surface area contributed by atoms with Gasteiger partial charge in [-0.05, 0) is 38.5 Å². The molecule has 0 spiro atoms. The summed E-state index contributed by atoms with van der Waals surface area (Å²) in [6, 6.07) is 0. The predicted octanol–water partition coefficient (Wildman–Crippen LogP) is 1.36. The van der Waals surface area contributed by atoms with Crippen LogP contribution >= 0.6 is 11.8 Å². The van der Waals surface area contributed by atoms with Crippen LogP contribution in [-0.2, 0) is 30.3 Å². The zero-order chi connectivity index (χ0) is 19.5. The van der Waals surface area contributed by atoms with E-state index in [0.29, 0.717) is 24.5 Å². The Morgan fingerprint density at radius 2 is 1.73 bits per heavy atom. The Morgan fingerprint density at radius 3 is 2.31 bits per heavy atom. The second kappa shape index (κ2) is 11.5. The highest BCUT2D eigenvalue weighted by Gasteiger charge is 2.12. The van der Waals surface area contributed by atoms with Crippen molar-refractivity contribution in [2.75, 3.05) is 26.5 Å². The van der Waals surface area contributed by atoms with Crippen LogP contribution < -0.4 is 5.32 Å². The summed E-state index contributed by atoms with van der Waals surface area (Å²) >= 11 is 1.47. The van der Waals surface area contributed by atoms with Gasteiger partial charge in [0.25, 0.3) is 5.91 Å². The number of esters is 2. The topological polar surface area (TPSA) is 107 Å². The number of carbonyl (C=O) groups excluding carboxylic acids is 3. The molecule has 0 unspecified atom stereocenters. The van der Waals surface area contributed by atoms with E-state index in [-0.39, 0.29) is 25.4 Å². The fourth-order valence-electron chi connectivity index (χ4n) is 2.22. The van der Waals surface area contributed by atoms with Crippen molar-refractivity contribution in [3.8, 4) is 0 Å². The van der Waals surface area contributed by atoms with Crippen LogP contribution in [0.2, 0.25) is 0 Å². The van der Waals surface area contributed by atoms with E-state index in [4.69, 9.17) is 4.74 Å². The molecule has 1 rings (SSSR count). The average Bonchev–Trinajstić information content (AvgIpc) is 2.62. The summed E-state index contributed by atoms with van der Waals surface area (Å²) in [4.78, 5) is 43.1. The Bertz CT molecular complexity index is 628. The number of carbonyl (C=O) groups is 3. The zero-order valence-electron chi connectivity index (χ0n) is 15.6. The molecule has 0 aromatic carbocycles. The van der Waals surface area contributed by atoms with Gasteiger partial charge in [0.15, 0.2) is 11.8 Å². The van der Waals surface area contributed by atoms with E-state index < -0.39 is 11.9 Å². The maximum absolute atomic E-state index is 11.8. The molecule has 0 saturated heterocycles. The van der Waals surface area contributed by atoms with Gasteiger partial charge in [-0.25, -0.2) is 9.97 Å². The maximum Gasteiger partial charge on any atom is 0.306 e. The number of aromatic nitrogens is 2. The number of hydrogen-bond acceptors (Lipinski definition) is 8. The number of nitrogens with zero attached hydrogens (tertiary/aromatic N) is 2. The maximum atomic E-state index is 11.8. The second-order valence-corrected chi connectivity index (χ2v) is 6.32. The molecule has 0 aliphatic carbocycles. The van der Waals surface area contributed by atoms with Crippen molar-refractivity contribution >= 4 is 29.6 Å². The molecule has 1 aromatic rings. The van der Waals surface area contributed by atoms with Gasteiger partial charge in [-0.2, -0.15) is 0 Å². The van der Waals surface area contributed by atoms with E-state index in [2.05, 4.69) is 20.0 Å². The van der Waals surface area contributed by atoms with Gasteiger partial charge in [0, 0.05) is 30.8 Å². The molecule has 0 fully saturated rings. The number of methoxy groups -OCH3 is 1. The number of ether oxygens (including phenoxy) is 2. The predicted molar refractivity (Wildman–Crippen MR) is 96.8 cm³/mol. The minimum atomic E-state index is -0.456. The molecule has 144 valence electrons. The van der Waals surface area contributed by atoms with Crippen molar-refractivity contribution in [2.24, 2.45) is 0 Å². The lowest BCUT2D eigenvalue weighted by Gasteiger charge is -2.10. The minimum absolute atomic E-state index is 0.152. The van der Waals surface area contributed by atoms with Crippen molar-refractivity contribution < 1.29 is 23.9 Å². The van der Waals surface area contributed by atoms with Gasteiger partial charge in [-0.1, -0.05) is 11.8 Å². The van der Waals surface area contributed by atoms with Gasteiger partial charge in [-0.15, -0.1) is 0 Å². The van der Waals surface area contributed by atoms with Crippen LogP contribution in [0.25, 0.3) is 0 Å². The lowest BCUT2D eigenvalue weighted by Crippen LogP contribution is -2.30. The number of thioether (sulfide) groups is 1. The first kappa shape index (κ1) is 21.9. The van der Waals surface area contributed by atoms with Crippen LogP contribution in [0.1, 0.15) is 36.2 Å². The van der Waals surface area contributed by atoms with Crippen LogP contribution in [0.15, 0.2) is 5.16 Å². The summed E-state index contributed by atoms with van der Waals surface area (Å²) in [7, 11) is 1.31. The Balaban J connectivity index is 2.30. The van der Waals surface area contributed by atoms with Crippen molar-refractivity contribution in [1.29, 1.82) is 0 Å². The quantitative estimate of drug-likeness (QED) is 0.279. The molecule has 0 aliphatic heterocycles. The van der Waals surface area contributed by atoms with Gasteiger partial charge < -0.3 is 14.8 Å². The van der Waals surface area contributed by atoms with Gasteiger partial charge in [0.05, 0.1) is 7.11 Å². The third-order valence-electron chi connectivity index (χ3n) is 3.63. The van der Waals surface area contributed by atoms with Gasteiger partial charge in [0.2, 0.25) is 0 Å².